The highest BCUT2D eigenvalue weighted by Gasteiger charge is 2.35. The van der Waals surface area contributed by atoms with E-state index in [0.717, 1.165) is 21.5 Å². The van der Waals surface area contributed by atoms with Crippen molar-refractivity contribution in [3.63, 3.8) is 0 Å². The molecule has 7 heteroatoms. The fourth-order valence-electron chi connectivity index (χ4n) is 2.72. The van der Waals surface area contributed by atoms with Crippen LogP contribution in [0.15, 0.2) is 48.7 Å². The van der Waals surface area contributed by atoms with Crippen LogP contribution >= 0.6 is 0 Å². The Balaban J connectivity index is 1.93. The van der Waals surface area contributed by atoms with Crippen molar-refractivity contribution in [2.45, 2.75) is 6.18 Å². The van der Waals surface area contributed by atoms with Gasteiger partial charge in [0.1, 0.15) is 11.4 Å². The molecular formula is C17H11F3N4. The van der Waals surface area contributed by atoms with Gasteiger partial charge in [0.2, 0.25) is 0 Å². The number of aryl methyl sites for hydroxylation is 1. The van der Waals surface area contributed by atoms with Gasteiger partial charge in [-0.15, -0.1) is 0 Å². The molecule has 0 radical (unpaired) electrons. The molecule has 0 N–H and O–H groups in total. The number of hydrogen-bond acceptors (Lipinski definition) is 3. The summed E-state index contributed by atoms with van der Waals surface area (Å²) in [5, 5.41) is 5.74. The number of nitrogens with zero attached hydrogens (tertiary/aromatic N) is 4. The number of pyridine rings is 2. The van der Waals surface area contributed by atoms with Gasteiger partial charge in [0.05, 0.1) is 16.7 Å². The summed E-state index contributed by atoms with van der Waals surface area (Å²) < 4.78 is 39.7. The standard InChI is InChI=1S/C17H11F3N4/c1-24-14(17(18,19)20)9-13(23-24)12-7-6-11-5-4-10-3-2-8-21-15(10)16(11)22-12/h2-9H,1H3. The van der Waals surface area contributed by atoms with Gasteiger partial charge in [0.25, 0.3) is 0 Å². The first kappa shape index (κ1) is 14.6. The van der Waals surface area contributed by atoms with Crippen molar-refractivity contribution < 1.29 is 13.2 Å². The zero-order valence-electron chi connectivity index (χ0n) is 12.5. The molecule has 1 aromatic carbocycles. The SMILES string of the molecule is Cn1nc(-c2ccc3ccc4cccnc4c3n2)cc1C(F)(F)F. The van der Waals surface area contributed by atoms with E-state index in [-0.39, 0.29) is 5.69 Å². The first-order chi connectivity index (χ1) is 11.4. The van der Waals surface area contributed by atoms with Crippen molar-refractivity contribution in [2.24, 2.45) is 7.05 Å². The van der Waals surface area contributed by atoms with E-state index in [1.165, 1.54) is 7.05 Å². The van der Waals surface area contributed by atoms with Gasteiger partial charge in [-0.2, -0.15) is 18.3 Å². The molecule has 0 spiro atoms. The Labute approximate surface area is 134 Å². The normalized spacial score (nSPS) is 12.2. The average molecular weight is 328 g/mol. The molecule has 0 saturated carbocycles. The van der Waals surface area contributed by atoms with Gasteiger partial charge in [0, 0.05) is 24.0 Å². The minimum atomic E-state index is -4.45. The number of rotatable bonds is 1. The van der Waals surface area contributed by atoms with Crippen molar-refractivity contribution in [1.82, 2.24) is 19.7 Å². The molecule has 0 aliphatic carbocycles. The van der Waals surface area contributed by atoms with Gasteiger partial charge in [-0.25, -0.2) is 4.98 Å². The lowest BCUT2D eigenvalue weighted by atomic mass is 10.1. The van der Waals surface area contributed by atoms with Gasteiger partial charge in [-0.3, -0.25) is 9.67 Å². The summed E-state index contributed by atoms with van der Waals surface area (Å²) in [5.41, 5.74) is 1.11. The summed E-state index contributed by atoms with van der Waals surface area (Å²) in [5.74, 6) is 0. The highest BCUT2D eigenvalue weighted by Crippen LogP contribution is 2.32. The third-order valence-corrected chi connectivity index (χ3v) is 3.86. The Morgan fingerprint density at radius 2 is 1.62 bits per heavy atom. The predicted molar refractivity (Wildman–Crippen MR) is 84.2 cm³/mol. The Bertz CT molecular complexity index is 1070. The zero-order chi connectivity index (χ0) is 16.9. The predicted octanol–water partition coefficient (Wildman–Crippen LogP) is 4.20. The molecule has 0 unspecified atom stereocenters. The minimum absolute atomic E-state index is 0.180. The second kappa shape index (κ2) is 5.02. The summed E-state index contributed by atoms with van der Waals surface area (Å²) in [7, 11) is 1.27. The first-order valence-electron chi connectivity index (χ1n) is 7.19. The fourth-order valence-corrected chi connectivity index (χ4v) is 2.72. The summed E-state index contributed by atoms with van der Waals surface area (Å²) >= 11 is 0. The maximum absolute atomic E-state index is 12.9. The second-order valence-corrected chi connectivity index (χ2v) is 5.45. The molecule has 120 valence electrons. The highest BCUT2D eigenvalue weighted by molar-refractivity contribution is 6.03. The van der Waals surface area contributed by atoms with Gasteiger partial charge < -0.3 is 0 Å². The van der Waals surface area contributed by atoms with E-state index in [2.05, 4.69) is 15.1 Å². The molecule has 3 heterocycles. The van der Waals surface area contributed by atoms with Crippen molar-refractivity contribution in [3.05, 3.63) is 54.4 Å². The Hall–Kier alpha value is -2.96. The van der Waals surface area contributed by atoms with Crippen molar-refractivity contribution in [3.8, 4) is 11.4 Å². The summed E-state index contributed by atoms with van der Waals surface area (Å²) in [6.45, 7) is 0. The van der Waals surface area contributed by atoms with Crippen LogP contribution in [0.25, 0.3) is 33.2 Å². The molecule has 0 atom stereocenters. The summed E-state index contributed by atoms with van der Waals surface area (Å²) in [6, 6.07) is 12.1. The van der Waals surface area contributed by atoms with Crippen molar-refractivity contribution >= 4 is 21.8 Å². The molecule has 24 heavy (non-hydrogen) atoms. The molecular weight excluding hydrogens is 317 g/mol. The van der Waals surface area contributed by atoms with E-state index in [1.807, 2.05) is 30.3 Å². The maximum atomic E-state index is 12.9. The molecule has 0 amide bonds. The maximum Gasteiger partial charge on any atom is 0.433 e. The average Bonchev–Trinajstić information content (AvgIpc) is 2.96. The number of aromatic nitrogens is 4. The second-order valence-electron chi connectivity index (χ2n) is 5.45. The lowest BCUT2D eigenvalue weighted by molar-refractivity contribution is -0.143. The molecule has 0 bridgehead atoms. The summed E-state index contributed by atoms with van der Waals surface area (Å²) in [4.78, 5) is 8.84. The van der Waals surface area contributed by atoms with E-state index in [1.54, 1.807) is 12.3 Å². The monoisotopic (exact) mass is 328 g/mol. The molecule has 0 aliphatic heterocycles. The van der Waals surface area contributed by atoms with E-state index in [9.17, 15) is 13.2 Å². The van der Waals surface area contributed by atoms with Gasteiger partial charge >= 0.3 is 6.18 Å². The van der Waals surface area contributed by atoms with E-state index < -0.39 is 11.9 Å². The van der Waals surface area contributed by atoms with Gasteiger partial charge in [-0.1, -0.05) is 24.3 Å². The number of benzene rings is 1. The van der Waals surface area contributed by atoms with Crippen LogP contribution in [0.4, 0.5) is 13.2 Å². The van der Waals surface area contributed by atoms with Crippen LogP contribution in [-0.2, 0) is 13.2 Å². The van der Waals surface area contributed by atoms with Crippen LogP contribution in [0.3, 0.4) is 0 Å². The third kappa shape index (κ3) is 2.29. The Morgan fingerprint density at radius 1 is 0.917 bits per heavy atom. The van der Waals surface area contributed by atoms with E-state index >= 15 is 0 Å². The van der Waals surface area contributed by atoms with Crippen LogP contribution in [0, 0.1) is 0 Å². The van der Waals surface area contributed by atoms with Gasteiger partial charge in [0.15, 0.2) is 0 Å². The molecule has 3 aromatic heterocycles. The first-order valence-corrected chi connectivity index (χ1v) is 7.19. The lowest BCUT2D eigenvalue weighted by Crippen LogP contribution is -2.11. The number of fused-ring (bicyclic) bond motifs is 3. The van der Waals surface area contributed by atoms with E-state index in [4.69, 9.17) is 0 Å². The number of alkyl halides is 3. The van der Waals surface area contributed by atoms with Crippen LogP contribution in [-0.4, -0.2) is 19.7 Å². The quantitative estimate of drug-likeness (QED) is 0.492. The molecule has 4 nitrogen and oxygen atoms in total. The van der Waals surface area contributed by atoms with Gasteiger partial charge in [-0.05, 0) is 18.2 Å². The highest BCUT2D eigenvalue weighted by atomic mass is 19.4. The Morgan fingerprint density at radius 3 is 2.33 bits per heavy atom. The largest absolute Gasteiger partial charge is 0.433 e. The molecule has 0 fully saturated rings. The zero-order valence-corrected chi connectivity index (χ0v) is 12.5. The van der Waals surface area contributed by atoms with Crippen LogP contribution in [0.2, 0.25) is 0 Å². The Kier molecular flexibility index (Phi) is 3.06. The molecule has 0 saturated heterocycles. The van der Waals surface area contributed by atoms with Crippen LogP contribution < -0.4 is 0 Å². The van der Waals surface area contributed by atoms with Crippen LogP contribution in [0.5, 0.6) is 0 Å². The fraction of sp³-hybridized carbons (Fsp3) is 0.118. The summed E-state index contributed by atoms with van der Waals surface area (Å²) in [6.07, 6.45) is -2.79. The minimum Gasteiger partial charge on any atom is -0.263 e. The van der Waals surface area contributed by atoms with Crippen molar-refractivity contribution in [1.29, 1.82) is 0 Å². The van der Waals surface area contributed by atoms with Crippen molar-refractivity contribution in [2.75, 3.05) is 0 Å². The molecule has 4 aromatic rings. The lowest BCUT2D eigenvalue weighted by Gasteiger charge is -2.04. The topological polar surface area (TPSA) is 43.6 Å². The van der Waals surface area contributed by atoms with Crippen LogP contribution in [0.1, 0.15) is 5.69 Å². The van der Waals surface area contributed by atoms with E-state index in [0.29, 0.717) is 16.7 Å². The number of hydrogen-bond donors (Lipinski definition) is 0. The smallest absolute Gasteiger partial charge is 0.263 e. The molecule has 4 rings (SSSR count). The molecule has 0 aliphatic rings. The third-order valence-electron chi connectivity index (χ3n) is 3.86. The number of halogens is 3.